The summed E-state index contributed by atoms with van der Waals surface area (Å²) in [5.41, 5.74) is 5.40. The van der Waals surface area contributed by atoms with Crippen molar-refractivity contribution in [2.24, 2.45) is 0 Å². The molecule has 1 heterocycles. The minimum Gasteiger partial charge on any atom is -0.324 e. The average Bonchev–Trinajstić information content (AvgIpc) is 3.02. The van der Waals surface area contributed by atoms with Crippen molar-refractivity contribution in [3.8, 4) is 0 Å². The summed E-state index contributed by atoms with van der Waals surface area (Å²) in [5, 5.41) is 3.10. The first-order valence-electron chi connectivity index (χ1n) is 8.94. The van der Waals surface area contributed by atoms with Crippen molar-refractivity contribution in [3.05, 3.63) is 59.2 Å². The minimum absolute atomic E-state index is 0.0970. The Kier molecular flexibility index (Phi) is 4.04. The highest BCUT2D eigenvalue weighted by Crippen LogP contribution is 2.33. The van der Waals surface area contributed by atoms with Gasteiger partial charge >= 0.3 is 0 Å². The Balaban J connectivity index is 1.61. The van der Waals surface area contributed by atoms with E-state index in [2.05, 4.69) is 11.4 Å². The van der Waals surface area contributed by atoms with Gasteiger partial charge in [-0.1, -0.05) is 30.3 Å². The Morgan fingerprint density at radius 1 is 1.00 bits per heavy atom. The van der Waals surface area contributed by atoms with Crippen molar-refractivity contribution in [1.29, 1.82) is 0 Å². The molecule has 0 radical (unpaired) electrons. The van der Waals surface area contributed by atoms with Crippen LogP contribution in [0, 0.1) is 0 Å². The zero-order chi connectivity index (χ0) is 17.4. The van der Waals surface area contributed by atoms with Crippen molar-refractivity contribution >= 4 is 23.2 Å². The van der Waals surface area contributed by atoms with Crippen molar-refractivity contribution < 1.29 is 9.59 Å². The molecule has 2 aliphatic rings. The Morgan fingerprint density at radius 3 is 2.60 bits per heavy atom. The summed E-state index contributed by atoms with van der Waals surface area (Å²) in [6.45, 7) is 1.52. The first-order chi connectivity index (χ1) is 12.1. The van der Waals surface area contributed by atoms with Crippen LogP contribution in [0.1, 0.15) is 36.5 Å². The predicted octanol–water partition coefficient (Wildman–Crippen LogP) is 3.48. The van der Waals surface area contributed by atoms with Crippen LogP contribution in [0.2, 0.25) is 0 Å². The molecule has 1 atom stereocenters. The summed E-state index contributed by atoms with van der Waals surface area (Å²) in [4.78, 5) is 26.8. The highest BCUT2D eigenvalue weighted by Gasteiger charge is 2.36. The number of amides is 2. The molecule has 1 unspecified atom stereocenters. The summed E-state index contributed by atoms with van der Waals surface area (Å²) >= 11 is 0. The van der Waals surface area contributed by atoms with Gasteiger partial charge in [0.15, 0.2) is 0 Å². The SMILES string of the molecule is CC(=O)N1c2ccccc2CC1C(=O)Nc1cccc2c1CCCC2. The van der Waals surface area contributed by atoms with E-state index < -0.39 is 6.04 Å². The van der Waals surface area contributed by atoms with Crippen LogP contribution in [0.15, 0.2) is 42.5 Å². The van der Waals surface area contributed by atoms with E-state index in [4.69, 9.17) is 0 Å². The number of fused-ring (bicyclic) bond motifs is 2. The quantitative estimate of drug-likeness (QED) is 0.914. The number of nitrogens with one attached hydrogen (secondary N) is 1. The maximum atomic E-state index is 13.0. The third-order valence-corrected chi connectivity index (χ3v) is 5.27. The third kappa shape index (κ3) is 2.82. The van der Waals surface area contributed by atoms with Crippen LogP contribution >= 0.6 is 0 Å². The third-order valence-electron chi connectivity index (χ3n) is 5.27. The number of aryl methyl sites for hydroxylation is 1. The smallest absolute Gasteiger partial charge is 0.247 e. The first kappa shape index (κ1) is 15.9. The minimum atomic E-state index is -0.477. The fourth-order valence-corrected chi connectivity index (χ4v) is 4.10. The number of nitrogens with zero attached hydrogens (tertiary/aromatic N) is 1. The normalized spacial score (nSPS) is 18.4. The van der Waals surface area contributed by atoms with E-state index >= 15 is 0 Å². The number of para-hydroxylation sites is 1. The van der Waals surface area contributed by atoms with Gasteiger partial charge in [0.1, 0.15) is 6.04 Å². The van der Waals surface area contributed by atoms with Gasteiger partial charge in [-0.15, -0.1) is 0 Å². The lowest BCUT2D eigenvalue weighted by atomic mass is 9.90. The molecule has 0 saturated heterocycles. The topological polar surface area (TPSA) is 49.4 Å². The highest BCUT2D eigenvalue weighted by atomic mass is 16.2. The molecule has 4 rings (SSSR count). The van der Waals surface area contributed by atoms with E-state index in [0.717, 1.165) is 36.2 Å². The number of rotatable bonds is 2. The molecule has 0 fully saturated rings. The summed E-state index contributed by atoms with van der Waals surface area (Å²) < 4.78 is 0. The second-order valence-electron chi connectivity index (χ2n) is 6.88. The Labute approximate surface area is 147 Å². The molecule has 0 saturated carbocycles. The molecule has 2 aromatic carbocycles. The average molecular weight is 334 g/mol. The number of carbonyl (C=O) groups excluding carboxylic acids is 2. The van der Waals surface area contributed by atoms with Gasteiger partial charge in [-0.2, -0.15) is 0 Å². The number of benzene rings is 2. The maximum absolute atomic E-state index is 13.0. The van der Waals surface area contributed by atoms with Crippen LogP contribution in [0.4, 0.5) is 11.4 Å². The molecule has 128 valence electrons. The van der Waals surface area contributed by atoms with Gasteiger partial charge in [0.2, 0.25) is 11.8 Å². The number of anilines is 2. The molecule has 2 amide bonds. The highest BCUT2D eigenvalue weighted by molar-refractivity contribution is 6.06. The number of hydrogen-bond acceptors (Lipinski definition) is 2. The lowest BCUT2D eigenvalue weighted by Crippen LogP contribution is -2.44. The zero-order valence-corrected chi connectivity index (χ0v) is 14.4. The molecule has 1 aliphatic carbocycles. The Bertz CT molecular complexity index is 844. The van der Waals surface area contributed by atoms with Crippen LogP contribution < -0.4 is 10.2 Å². The van der Waals surface area contributed by atoms with Crippen LogP contribution in [-0.4, -0.2) is 17.9 Å². The molecule has 0 bridgehead atoms. The van der Waals surface area contributed by atoms with Crippen LogP contribution in [0.25, 0.3) is 0 Å². The number of hydrogen-bond donors (Lipinski definition) is 1. The summed E-state index contributed by atoms with van der Waals surface area (Å²) in [5.74, 6) is -0.203. The summed E-state index contributed by atoms with van der Waals surface area (Å²) in [6, 6.07) is 13.4. The van der Waals surface area contributed by atoms with Gasteiger partial charge in [-0.05, 0) is 54.5 Å². The van der Waals surface area contributed by atoms with Gasteiger partial charge in [-0.25, -0.2) is 0 Å². The molecule has 1 N–H and O–H groups in total. The van der Waals surface area contributed by atoms with E-state index in [1.165, 1.54) is 24.5 Å². The standard InChI is InChI=1S/C21H22N2O2/c1-14(24)23-19-12-5-3-8-16(19)13-20(23)21(25)22-18-11-6-9-15-7-2-4-10-17(15)18/h3,5-6,8-9,11-12,20H,2,4,7,10,13H2,1H3,(H,22,25). The van der Waals surface area contributed by atoms with E-state index in [9.17, 15) is 9.59 Å². The predicted molar refractivity (Wildman–Crippen MR) is 98.8 cm³/mol. The Hall–Kier alpha value is -2.62. The van der Waals surface area contributed by atoms with Crippen LogP contribution in [0.5, 0.6) is 0 Å². The molecule has 4 heteroatoms. The maximum Gasteiger partial charge on any atom is 0.247 e. The van der Waals surface area contributed by atoms with Crippen LogP contribution in [-0.2, 0) is 28.9 Å². The zero-order valence-electron chi connectivity index (χ0n) is 14.4. The summed E-state index contributed by atoms with van der Waals surface area (Å²) in [7, 11) is 0. The van der Waals surface area contributed by atoms with Crippen molar-refractivity contribution in [1.82, 2.24) is 0 Å². The van der Waals surface area contributed by atoms with Crippen molar-refractivity contribution in [2.45, 2.75) is 45.1 Å². The van der Waals surface area contributed by atoms with Gasteiger partial charge in [0.05, 0.1) is 0 Å². The molecular formula is C21H22N2O2. The second kappa shape index (κ2) is 6.36. The lowest BCUT2D eigenvalue weighted by molar-refractivity contribution is -0.122. The monoisotopic (exact) mass is 334 g/mol. The fraction of sp³-hybridized carbons (Fsp3) is 0.333. The molecule has 1 aliphatic heterocycles. The van der Waals surface area contributed by atoms with E-state index in [0.29, 0.717) is 6.42 Å². The van der Waals surface area contributed by atoms with Gasteiger partial charge < -0.3 is 5.32 Å². The van der Waals surface area contributed by atoms with E-state index in [-0.39, 0.29) is 11.8 Å². The lowest BCUT2D eigenvalue weighted by Gasteiger charge is -2.25. The van der Waals surface area contributed by atoms with Crippen molar-refractivity contribution in [3.63, 3.8) is 0 Å². The second-order valence-corrected chi connectivity index (χ2v) is 6.88. The molecule has 2 aromatic rings. The van der Waals surface area contributed by atoms with E-state index in [1.54, 1.807) is 4.90 Å². The molecular weight excluding hydrogens is 312 g/mol. The van der Waals surface area contributed by atoms with Crippen LogP contribution in [0.3, 0.4) is 0 Å². The summed E-state index contributed by atoms with van der Waals surface area (Å²) in [6.07, 6.45) is 5.02. The number of carbonyl (C=O) groups is 2. The molecule has 25 heavy (non-hydrogen) atoms. The van der Waals surface area contributed by atoms with Gasteiger partial charge in [-0.3, -0.25) is 14.5 Å². The molecule has 0 spiro atoms. The fourth-order valence-electron chi connectivity index (χ4n) is 4.10. The van der Waals surface area contributed by atoms with Crippen molar-refractivity contribution in [2.75, 3.05) is 10.2 Å². The largest absolute Gasteiger partial charge is 0.324 e. The molecule has 0 aromatic heterocycles. The van der Waals surface area contributed by atoms with Gasteiger partial charge in [0.25, 0.3) is 0 Å². The van der Waals surface area contributed by atoms with Gasteiger partial charge in [0, 0.05) is 24.7 Å². The molecule has 4 nitrogen and oxygen atoms in total. The van der Waals surface area contributed by atoms with E-state index in [1.807, 2.05) is 36.4 Å². The Morgan fingerprint density at radius 2 is 1.76 bits per heavy atom. The first-order valence-corrected chi connectivity index (χ1v) is 8.94.